The average molecular weight is 332 g/mol. The maximum absolute atomic E-state index is 4.79. The molecule has 0 spiro atoms. The Morgan fingerprint density at radius 1 is 1.12 bits per heavy atom. The van der Waals surface area contributed by atoms with E-state index in [1.54, 1.807) is 0 Å². The van der Waals surface area contributed by atoms with Crippen LogP contribution in [0.2, 0.25) is 0 Å². The van der Waals surface area contributed by atoms with Crippen molar-refractivity contribution in [2.24, 2.45) is 0 Å². The van der Waals surface area contributed by atoms with Gasteiger partial charge in [-0.3, -0.25) is 0 Å². The number of hydrogen-bond acceptors (Lipinski definition) is 4. The summed E-state index contributed by atoms with van der Waals surface area (Å²) >= 11 is 0. The highest BCUT2D eigenvalue weighted by atomic mass is 15.4. The van der Waals surface area contributed by atoms with Gasteiger partial charge in [-0.2, -0.15) is 5.10 Å². The Bertz CT molecular complexity index is 1010. The highest BCUT2D eigenvalue weighted by Gasteiger charge is 2.16. The van der Waals surface area contributed by atoms with E-state index in [0.29, 0.717) is 6.42 Å². The van der Waals surface area contributed by atoms with Crippen molar-refractivity contribution in [2.45, 2.75) is 33.2 Å². The predicted octanol–water partition coefficient (Wildman–Crippen LogP) is 3.70. The molecule has 0 fully saturated rings. The van der Waals surface area contributed by atoms with Crippen molar-refractivity contribution in [3.8, 4) is 11.4 Å². The molecule has 3 aromatic heterocycles. The highest BCUT2D eigenvalue weighted by Crippen LogP contribution is 2.23. The Morgan fingerprint density at radius 3 is 2.68 bits per heavy atom. The van der Waals surface area contributed by atoms with Crippen LogP contribution in [0.25, 0.3) is 22.6 Å². The Balaban J connectivity index is 1.76. The maximum atomic E-state index is 4.79. The molecule has 25 heavy (non-hydrogen) atoms. The maximum Gasteiger partial charge on any atom is 0.177 e. The van der Waals surface area contributed by atoms with Crippen molar-refractivity contribution in [2.75, 3.05) is 0 Å². The van der Waals surface area contributed by atoms with Crippen molar-refractivity contribution in [3.05, 3.63) is 59.8 Å². The fraction of sp³-hybridized carbons (Fsp3) is 0.263. The summed E-state index contributed by atoms with van der Waals surface area (Å²) in [4.78, 5) is 16.8. The van der Waals surface area contributed by atoms with Gasteiger partial charge in [0.2, 0.25) is 0 Å². The number of benzene rings is 1. The summed E-state index contributed by atoms with van der Waals surface area (Å²) in [6, 6.07) is 12.5. The zero-order valence-corrected chi connectivity index (χ0v) is 14.6. The fourth-order valence-corrected chi connectivity index (χ4v) is 2.92. The minimum Gasteiger partial charge on any atom is -0.341 e. The molecule has 1 aromatic carbocycles. The van der Waals surface area contributed by atoms with E-state index in [-0.39, 0.29) is 6.04 Å². The third-order valence-corrected chi connectivity index (χ3v) is 4.08. The Kier molecular flexibility index (Phi) is 3.80. The first-order valence-corrected chi connectivity index (χ1v) is 8.42. The molecule has 0 unspecified atom stereocenters. The van der Waals surface area contributed by atoms with Crippen LogP contribution in [0, 0.1) is 6.92 Å². The Hall–Kier alpha value is -3.02. The van der Waals surface area contributed by atoms with Gasteiger partial charge in [0.15, 0.2) is 17.3 Å². The van der Waals surface area contributed by atoms with Gasteiger partial charge in [-0.1, -0.05) is 30.3 Å². The number of nitrogens with one attached hydrogen (secondary N) is 1. The van der Waals surface area contributed by atoms with Gasteiger partial charge < -0.3 is 4.98 Å². The smallest absolute Gasteiger partial charge is 0.177 e. The molecule has 0 radical (unpaired) electrons. The molecule has 0 saturated heterocycles. The zero-order chi connectivity index (χ0) is 17.4. The van der Waals surface area contributed by atoms with E-state index >= 15 is 0 Å². The van der Waals surface area contributed by atoms with E-state index in [9.17, 15) is 0 Å². The van der Waals surface area contributed by atoms with Crippen LogP contribution in [0.5, 0.6) is 0 Å². The molecule has 0 atom stereocenters. The van der Waals surface area contributed by atoms with E-state index in [1.165, 1.54) is 5.56 Å². The topological polar surface area (TPSA) is 72.3 Å². The summed E-state index contributed by atoms with van der Waals surface area (Å²) in [7, 11) is 0. The molecule has 0 aliphatic carbocycles. The molecule has 6 nitrogen and oxygen atoms in total. The summed E-state index contributed by atoms with van der Waals surface area (Å²) in [6.07, 6.45) is 2.53. The quantitative estimate of drug-likeness (QED) is 0.618. The van der Waals surface area contributed by atoms with Crippen LogP contribution in [0.4, 0.5) is 0 Å². The van der Waals surface area contributed by atoms with Gasteiger partial charge in [0, 0.05) is 24.2 Å². The number of rotatable bonds is 4. The first-order chi connectivity index (χ1) is 12.1. The molecular formula is C19H20N6. The minimum absolute atomic E-state index is 0.214. The van der Waals surface area contributed by atoms with Crippen molar-refractivity contribution in [1.82, 2.24) is 29.7 Å². The van der Waals surface area contributed by atoms with E-state index in [0.717, 1.165) is 34.2 Å². The van der Waals surface area contributed by atoms with Gasteiger partial charge in [-0.05, 0) is 32.4 Å². The second-order valence-corrected chi connectivity index (χ2v) is 6.47. The van der Waals surface area contributed by atoms with Crippen LogP contribution in [-0.4, -0.2) is 29.7 Å². The van der Waals surface area contributed by atoms with Crippen LogP contribution < -0.4 is 0 Å². The second-order valence-electron chi connectivity index (χ2n) is 6.47. The lowest BCUT2D eigenvalue weighted by Gasteiger charge is -2.08. The lowest BCUT2D eigenvalue weighted by molar-refractivity contribution is 0.533. The lowest BCUT2D eigenvalue weighted by Crippen LogP contribution is -2.05. The SMILES string of the molecule is Cc1nc2ncc(-c3nc(Cc4ccccc4)nn3C(C)C)cc2[nH]1. The highest BCUT2D eigenvalue weighted by molar-refractivity contribution is 5.76. The summed E-state index contributed by atoms with van der Waals surface area (Å²) in [5, 5.41) is 4.72. The number of H-pyrrole nitrogens is 1. The molecule has 1 N–H and O–H groups in total. The van der Waals surface area contributed by atoms with Crippen molar-refractivity contribution in [3.63, 3.8) is 0 Å². The number of imidazole rings is 1. The molecule has 0 bridgehead atoms. The van der Waals surface area contributed by atoms with Crippen LogP contribution in [0.15, 0.2) is 42.6 Å². The summed E-state index contributed by atoms with van der Waals surface area (Å²) in [6.45, 7) is 6.14. The Labute approximate surface area is 146 Å². The molecular weight excluding hydrogens is 312 g/mol. The van der Waals surface area contributed by atoms with E-state index in [1.807, 2.05) is 42.1 Å². The summed E-state index contributed by atoms with van der Waals surface area (Å²) in [5.41, 5.74) is 3.78. The predicted molar refractivity (Wildman–Crippen MR) is 97.3 cm³/mol. The molecule has 126 valence electrons. The second kappa shape index (κ2) is 6.12. The normalized spacial score (nSPS) is 11.5. The number of hydrogen-bond donors (Lipinski definition) is 1. The number of nitrogens with zero attached hydrogens (tertiary/aromatic N) is 5. The van der Waals surface area contributed by atoms with Gasteiger partial charge in [-0.25, -0.2) is 19.6 Å². The molecule has 0 saturated carbocycles. The van der Waals surface area contributed by atoms with Crippen LogP contribution >= 0.6 is 0 Å². The molecule has 0 aliphatic heterocycles. The third kappa shape index (κ3) is 3.03. The van der Waals surface area contributed by atoms with Gasteiger partial charge in [0.1, 0.15) is 5.82 Å². The number of aryl methyl sites for hydroxylation is 1. The third-order valence-electron chi connectivity index (χ3n) is 4.08. The van der Waals surface area contributed by atoms with E-state index < -0.39 is 0 Å². The first kappa shape index (κ1) is 15.5. The van der Waals surface area contributed by atoms with Crippen LogP contribution in [-0.2, 0) is 6.42 Å². The summed E-state index contributed by atoms with van der Waals surface area (Å²) in [5.74, 6) is 2.51. The Morgan fingerprint density at radius 2 is 1.92 bits per heavy atom. The largest absolute Gasteiger partial charge is 0.341 e. The van der Waals surface area contributed by atoms with Gasteiger partial charge >= 0.3 is 0 Å². The number of aromatic nitrogens is 6. The van der Waals surface area contributed by atoms with Crippen LogP contribution in [0.1, 0.15) is 37.1 Å². The molecule has 6 heteroatoms. The van der Waals surface area contributed by atoms with Gasteiger partial charge in [0.05, 0.1) is 5.52 Å². The standard InChI is InChI=1S/C19H20N6/c1-12(2)25-19(15-10-16-18(20-11-15)22-13(3)21-16)23-17(24-25)9-14-7-5-4-6-8-14/h4-8,10-12H,9H2,1-3H3,(H,20,21,22). The number of fused-ring (bicyclic) bond motifs is 1. The zero-order valence-electron chi connectivity index (χ0n) is 14.6. The first-order valence-electron chi connectivity index (χ1n) is 8.42. The molecule has 4 rings (SSSR count). The van der Waals surface area contributed by atoms with Crippen molar-refractivity contribution in [1.29, 1.82) is 0 Å². The van der Waals surface area contributed by atoms with Crippen molar-refractivity contribution < 1.29 is 0 Å². The van der Waals surface area contributed by atoms with E-state index in [4.69, 9.17) is 10.1 Å². The fourth-order valence-electron chi connectivity index (χ4n) is 2.92. The summed E-state index contributed by atoms with van der Waals surface area (Å²) < 4.78 is 1.96. The van der Waals surface area contributed by atoms with Crippen molar-refractivity contribution >= 4 is 11.2 Å². The van der Waals surface area contributed by atoms with Crippen LogP contribution in [0.3, 0.4) is 0 Å². The number of aromatic amines is 1. The molecule has 4 aromatic rings. The van der Waals surface area contributed by atoms with Gasteiger partial charge in [0.25, 0.3) is 0 Å². The monoisotopic (exact) mass is 332 g/mol. The minimum atomic E-state index is 0.214. The molecule has 0 amide bonds. The van der Waals surface area contributed by atoms with Gasteiger partial charge in [-0.15, -0.1) is 0 Å². The van der Waals surface area contributed by atoms with E-state index in [2.05, 4.69) is 40.9 Å². The molecule has 0 aliphatic rings. The molecule has 3 heterocycles. The lowest BCUT2D eigenvalue weighted by atomic mass is 10.1. The average Bonchev–Trinajstić information content (AvgIpc) is 3.17. The number of pyridine rings is 1.